The topological polar surface area (TPSA) is 49.6 Å². The minimum absolute atomic E-state index is 0.772. The molecule has 0 unspecified atom stereocenters. The highest BCUT2D eigenvalue weighted by atomic mass is 15.4. The van der Waals surface area contributed by atoms with Crippen LogP contribution in [0.1, 0.15) is 5.82 Å². The molecule has 1 aliphatic rings. The van der Waals surface area contributed by atoms with E-state index >= 15 is 0 Å². The van der Waals surface area contributed by atoms with E-state index < -0.39 is 0 Å². The van der Waals surface area contributed by atoms with Crippen molar-refractivity contribution in [2.45, 2.75) is 6.54 Å². The standard InChI is InChI=1S/C21H22N6/c1-25-11-13-26(14-12-25)15-19-22-23-21-18-10-6-5-9-17(18)20(24-27(19)21)16-7-3-2-4-8-16/h2-10H,11-15H2,1H3. The summed E-state index contributed by atoms with van der Waals surface area (Å²) in [6, 6.07) is 18.6. The molecule has 0 amide bonds. The number of aromatic nitrogens is 4. The largest absolute Gasteiger partial charge is 0.304 e. The summed E-state index contributed by atoms with van der Waals surface area (Å²) in [6.07, 6.45) is 0. The molecule has 0 saturated carbocycles. The number of fused-ring (bicyclic) bond motifs is 3. The van der Waals surface area contributed by atoms with Gasteiger partial charge in [-0.15, -0.1) is 10.2 Å². The molecule has 0 N–H and O–H groups in total. The number of piperazine rings is 1. The average molecular weight is 358 g/mol. The van der Waals surface area contributed by atoms with Gasteiger partial charge in [0.25, 0.3) is 0 Å². The first-order valence-corrected chi connectivity index (χ1v) is 9.39. The summed E-state index contributed by atoms with van der Waals surface area (Å²) in [6.45, 7) is 5.04. The summed E-state index contributed by atoms with van der Waals surface area (Å²) in [5.74, 6) is 0.900. The lowest BCUT2D eigenvalue weighted by atomic mass is 10.1. The highest BCUT2D eigenvalue weighted by molar-refractivity contribution is 6.01. The molecule has 2 aromatic carbocycles. The second kappa shape index (κ2) is 6.72. The molecule has 1 fully saturated rings. The summed E-state index contributed by atoms with van der Waals surface area (Å²) >= 11 is 0. The van der Waals surface area contributed by atoms with E-state index in [4.69, 9.17) is 5.10 Å². The van der Waals surface area contributed by atoms with Crippen LogP contribution in [0.25, 0.3) is 27.7 Å². The van der Waals surface area contributed by atoms with E-state index in [1.54, 1.807) is 0 Å². The van der Waals surface area contributed by atoms with E-state index in [-0.39, 0.29) is 0 Å². The average Bonchev–Trinajstić information content (AvgIpc) is 3.13. The number of hydrogen-bond acceptors (Lipinski definition) is 5. The van der Waals surface area contributed by atoms with Crippen molar-refractivity contribution in [1.82, 2.24) is 29.6 Å². The third kappa shape index (κ3) is 2.97. The van der Waals surface area contributed by atoms with Crippen LogP contribution in [-0.2, 0) is 6.54 Å². The van der Waals surface area contributed by atoms with Gasteiger partial charge in [-0.25, -0.2) is 0 Å². The quantitative estimate of drug-likeness (QED) is 0.564. The number of nitrogens with zero attached hydrogens (tertiary/aromatic N) is 6. The predicted molar refractivity (Wildman–Crippen MR) is 106 cm³/mol. The van der Waals surface area contributed by atoms with Crippen LogP contribution in [0.2, 0.25) is 0 Å². The van der Waals surface area contributed by atoms with Crippen LogP contribution in [0.15, 0.2) is 54.6 Å². The smallest absolute Gasteiger partial charge is 0.185 e. The van der Waals surface area contributed by atoms with Gasteiger partial charge in [0.05, 0.1) is 12.2 Å². The molecule has 2 aromatic heterocycles. The molecule has 1 aliphatic heterocycles. The molecule has 1 saturated heterocycles. The third-order valence-electron chi connectivity index (χ3n) is 5.34. The van der Waals surface area contributed by atoms with Crippen LogP contribution in [0.3, 0.4) is 0 Å². The second-order valence-corrected chi connectivity index (χ2v) is 7.19. The molecule has 0 aliphatic carbocycles. The number of likely N-dealkylation sites (N-methyl/N-ethyl adjacent to an activating group) is 1. The van der Waals surface area contributed by atoms with Gasteiger partial charge < -0.3 is 4.90 Å². The maximum Gasteiger partial charge on any atom is 0.185 e. The molecule has 6 nitrogen and oxygen atoms in total. The SMILES string of the molecule is CN1CCN(Cc2nnc3c4ccccc4c(-c4ccccc4)nn23)CC1. The van der Waals surface area contributed by atoms with Crippen LogP contribution in [0, 0.1) is 0 Å². The molecule has 0 bridgehead atoms. The van der Waals surface area contributed by atoms with E-state index in [1.807, 2.05) is 28.8 Å². The number of benzene rings is 2. The number of hydrogen-bond donors (Lipinski definition) is 0. The lowest BCUT2D eigenvalue weighted by molar-refractivity contribution is 0.144. The summed E-state index contributed by atoms with van der Waals surface area (Å²) in [5, 5.41) is 16.1. The summed E-state index contributed by atoms with van der Waals surface area (Å²) in [4.78, 5) is 4.78. The molecule has 4 aromatic rings. The lowest BCUT2D eigenvalue weighted by Gasteiger charge is -2.31. The lowest BCUT2D eigenvalue weighted by Crippen LogP contribution is -2.44. The molecule has 6 heteroatoms. The fourth-order valence-corrected chi connectivity index (χ4v) is 3.74. The van der Waals surface area contributed by atoms with Crippen molar-refractivity contribution >= 4 is 16.4 Å². The van der Waals surface area contributed by atoms with Gasteiger partial charge in [0.15, 0.2) is 11.5 Å². The van der Waals surface area contributed by atoms with Crippen molar-refractivity contribution in [3.63, 3.8) is 0 Å². The van der Waals surface area contributed by atoms with Crippen molar-refractivity contribution in [1.29, 1.82) is 0 Å². The Kier molecular flexibility index (Phi) is 4.07. The van der Waals surface area contributed by atoms with Crippen molar-refractivity contribution in [2.75, 3.05) is 33.2 Å². The first kappa shape index (κ1) is 16.4. The van der Waals surface area contributed by atoms with Crippen molar-refractivity contribution in [2.24, 2.45) is 0 Å². The highest BCUT2D eigenvalue weighted by Crippen LogP contribution is 2.28. The first-order valence-electron chi connectivity index (χ1n) is 9.39. The van der Waals surface area contributed by atoms with E-state index in [9.17, 15) is 0 Å². The minimum atomic E-state index is 0.772. The van der Waals surface area contributed by atoms with Gasteiger partial charge in [-0.1, -0.05) is 54.6 Å². The van der Waals surface area contributed by atoms with E-state index in [0.29, 0.717) is 0 Å². The number of rotatable bonds is 3. The Bertz CT molecular complexity index is 1080. The van der Waals surface area contributed by atoms with Gasteiger partial charge in [-0.3, -0.25) is 4.90 Å². The van der Waals surface area contributed by atoms with E-state index in [1.165, 1.54) is 0 Å². The molecular formula is C21H22N6. The first-order chi connectivity index (χ1) is 13.3. The zero-order chi connectivity index (χ0) is 18.2. The minimum Gasteiger partial charge on any atom is -0.304 e. The Balaban J connectivity index is 1.64. The fraction of sp³-hybridized carbons (Fsp3) is 0.286. The Labute approximate surface area is 158 Å². The van der Waals surface area contributed by atoms with Gasteiger partial charge >= 0.3 is 0 Å². The van der Waals surface area contributed by atoms with Gasteiger partial charge in [0.1, 0.15) is 0 Å². The highest BCUT2D eigenvalue weighted by Gasteiger charge is 2.19. The molecule has 3 heterocycles. The van der Waals surface area contributed by atoms with Crippen molar-refractivity contribution in [3.05, 3.63) is 60.4 Å². The van der Waals surface area contributed by atoms with Gasteiger partial charge in [-0.05, 0) is 7.05 Å². The summed E-state index contributed by atoms with van der Waals surface area (Å²) in [5.41, 5.74) is 2.90. The molecule has 136 valence electrons. The van der Waals surface area contributed by atoms with Crippen molar-refractivity contribution < 1.29 is 0 Å². The Morgan fingerprint density at radius 2 is 1.52 bits per heavy atom. The van der Waals surface area contributed by atoms with E-state index in [0.717, 1.165) is 66.2 Å². The van der Waals surface area contributed by atoms with Gasteiger partial charge in [0, 0.05) is 42.5 Å². The van der Waals surface area contributed by atoms with Gasteiger partial charge in [-0.2, -0.15) is 9.61 Å². The molecule has 0 spiro atoms. The maximum atomic E-state index is 4.97. The Morgan fingerprint density at radius 1 is 0.815 bits per heavy atom. The molecular weight excluding hydrogens is 336 g/mol. The van der Waals surface area contributed by atoms with Crippen molar-refractivity contribution in [3.8, 4) is 11.3 Å². The normalized spacial score (nSPS) is 16.3. The van der Waals surface area contributed by atoms with Gasteiger partial charge in [0.2, 0.25) is 0 Å². The maximum absolute atomic E-state index is 4.97. The Hall–Kier alpha value is -2.83. The Morgan fingerprint density at radius 3 is 2.30 bits per heavy atom. The van der Waals surface area contributed by atoms with Crippen LogP contribution >= 0.6 is 0 Å². The third-order valence-corrected chi connectivity index (χ3v) is 5.34. The second-order valence-electron chi connectivity index (χ2n) is 7.19. The molecule has 27 heavy (non-hydrogen) atoms. The predicted octanol–water partition coefficient (Wildman–Crippen LogP) is 2.69. The molecule has 5 rings (SSSR count). The molecule has 0 radical (unpaired) electrons. The van der Waals surface area contributed by atoms with Crippen LogP contribution in [-0.4, -0.2) is 62.8 Å². The van der Waals surface area contributed by atoms with Crippen LogP contribution < -0.4 is 0 Å². The van der Waals surface area contributed by atoms with Crippen LogP contribution in [0.5, 0.6) is 0 Å². The summed E-state index contributed by atoms with van der Waals surface area (Å²) < 4.78 is 1.93. The molecule has 0 atom stereocenters. The zero-order valence-corrected chi connectivity index (χ0v) is 15.4. The van der Waals surface area contributed by atoms with E-state index in [2.05, 4.69) is 57.4 Å². The summed E-state index contributed by atoms with van der Waals surface area (Å²) in [7, 11) is 2.17. The monoisotopic (exact) mass is 358 g/mol. The van der Waals surface area contributed by atoms with Crippen LogP contribution in [0.4, 0.5) is 0 Å². The zero-order valence-electron chi connectivity index (χ0n) is 15.4. The fourth-order valence-electron chi connectivity index (χ4n) is 3.74.